The molecule has 6 rings (SSSR count). The summed E-state index contributed by atoms with van der Waals surface area (Å²) in [7, 11) is 3.16. The average molecular weight is 1020 g/mol. The molecule has 0 unspecified atom stereocenters. The number of hydrogen-bond donors (Lipinski definition) is 4. The highest BCUT2D eigenvalue weighted by Crippen LogP contribution is 2.44. The summed E-state index contributed by atoms with van der Waals surface area (Å²) in [6.07, 6.45) is -5.19. The molecule has 2 aliphatic heterocycles. The first kappa shape index (κ1) is 55.4. The second-order valence-corrected chi connectivity index (χ2v) is 17.6. The number of aromatic nitrogens is 2. The van der Waals surface area contributed by atoms with E-state index in [4.69, 9.17) is 42.6 Å². The van der Waals surface area contributed by atoms with Crippen molar-refractivity contribution < 1.29 is 71.7 Å². The van der Waals surface area contributed by atoms with Gasteiger partial charge in [-0.25, -0.2) is 4.79 Å². The van der Waals surface area contributed by atoms with Crippen LogP contribution >= 0.6 is 0 Å². The molecule has 21 heteroatoms. The van der Waals surface area contributed by atoms with Crippen LogP contribution in [-0.4, -0.2) is 128 Å². The molecular weight excluding hydrogens is 953 g/mol. The molecule has 2 aliphatic rings. The predicted octanol–water partition coefficient (Wildman–Crippen LogP) is 3.18. The molecule has 4 aromatic rings. The van der Waals surface area contributed by atoms with Gasteiger partial charge in [0.05, 0.1) is 26.9 Å². The first-order valence-electron chi connectivity index (χ1n) is 24.0. The van der Waals surface area contributed by atoms with Gasteiger partial charge in [-0.3, -0.25) is 38.3 Å². The molecule has 0 saturated carbocycles. The van der Waals surface area contributed by atoms with Crippen LogP contribution in [0.5, 0.6) is 11.5 Å². The van der Waals surface area contributed by atoms with Crippen LogP contribution < -0.4 is 31.4 Å². The Kier molecular flexibility index (Phi) is 19.9. The third-order valence-corrected chi connectivity index (χ3v) is 12.5. The molecule has 3 heterocycles. The Morgan fingerprint density at radius 1 is 0.726 bits per heavy atom. The number of nitrogens with one attached hydrogen (secondary N) is 3. The van der Waals surface area contributed by atoms with Crippen LogP contribution in [0.15, 0.2) is 101 Å². The molecule has 21 nitrogen and oxygen atoms in total. The van der Waals surface area contributed by atoms with E-state index in [0.29, 0.717) is 37.2 Å². The second kappa shape index (κ2) is 26.2. The standard InChI is InChI=1S/C52H64N4O17/c1-31(57)54-45-48(71-34(4)60)47(70-33(3)59)42(29-68-32(2)58)73-50(45)67-28-11-10-16-43(61)53-26-12-15-40-46(63)41(72-49(40)56-27-25-44(62)55-51(56)64)30-69-52(35-13-8-7-9-14-35,36-17-21-38(65-5)22-18-36)37-19-23-39(66-6)24-20-37/h7-9,13-14,17-25,27,40-42,45-50,63H,10-12,15-16,26,28-30H2,1-6H3,(H,53,61)(H,54,57)(H,55,62,64)/t40-,41-,42+,45+,46+,47-,48+,49-,50+/m1/s1. The molecular formula is C52H64N4O17. The van der Waals surface area contributed by atoms with Gasteiger partial charge >= 0.3 is 23.6 Å². The molecule has 2 saturated heterocycles. The maximum Gasteiger partial charge on any atom is 0.330 e. The maximum atomic E-state index is 13.2. The monoisotopic (exact) mass is 1020 g/mol. The van der Waals surface area contributed by atoms with E-state index in [-0.39, 0.29) is 38.7 Å². The first-order valence-corrected chi connectivity index (χ1v) is 24.0. The van der Waals surface area contributed by atoms with Crippen LogP contribution in [0.3, 0.4) is 0 Å². The molecule has 9 atom stereocenters. The molecule has 394 valence electrons. The van der Waals surface area contributed by atoms with E-state index in [2.05, 4.69) is 15.6 Å². The zero-order valence-corrected chi connectivity index (χ0v) is 41.6. The quantitative estimate of drug-likeness (QED) is 0.0340. The lowest BCUT2D eigenvalue weighted by molar-refractivity contribution is -0.277. The Morgan fingerprint density at radius 3 is 1.92 bits per heavy atom. The number of aromatic amines is 1. The van der Waals surface area contributed by atoms with Gasteiger partial charge < -0.3 is 58.4 Å². The van der Waals surface area contributed by atoms with E-state index in [9.17, 15) is 38.7 Å². The number of benzene rings is 3. The van der Waals surface area contributed by atoms with E-state index in [0.717, 1.165) is 30.5 Å². The van der Waals surface area contributed by atoms with Crippen LogP contribution in [-0.2, 0) is 62.7 Å². The third-order valence-electron chi connectivity index (χ3n) is 12.5. The summed E-state index contributed by atoms with van der Waals surface area (Å²) in [5.41, 5.74) is -0.246. The van der Waals surface area contributed by atoms with E-state index in [1.54, 1.807) is 14.2 Å². The molecule has 0 bridgehead atoms. The van der Waals surface area contributed by atoms with Crippen LogP contribution in [0.25, 0.3) is 0 Å². The van der Waals surface area contributed by atoms with Gasteiger partial charge in [0.2, 0.25) is 11.8 Å². The Labute approximate surface area is 421 Å². The highest BCUT2D eigenvalue weighted by Gasteiger charge is 2.52. The van der Waals surface area contributed by atoms with Crippen molar-refractivity contribution in [1.29, 1.82) is 0 Å². The molecule has 2 fully saturated rings. The number of hydrogen-bond acceptors (Lipinski definition) is 17. The number of aliphatic hydroxyl groups excluding tert-OH is 1. The molecule has 0 radical (unpaired) electrons. The Balaban J connectivity index is 1.10. The number of ether oxygens (including phenoxy) is 9. The van der Waals surface area contributed by atoms with Gasteiger partial charge in [-0.2, -0.15) is 0 Å². The molecule has 0 spiro atoms. The number of H-pyrrole nitrogens is 1. The number of methoxy groups -OCH3 is 2. The molecule has 0 aliphatic carbocycles. The van der Waals surface area contributed by atoms with Gasteiger partial charge in [-0.15, -0.1) is 0 Å². The number of amides is 2. The van der Waals surface area contributed by atoms with E-state index >= 15 is 0 Å². The van der Waals surface area contributed by atoms with Gasteiger partial charge in [0.1, 0.15) is 48.2 Å². The largest absolute Gasteiger partial charge is 0.497 e. The zero-order chi connectivity index (χ0) is 52.7. The average Bonchev–Trinajstić information content (AvgIpc) is 3.67. The van der Waals surface area contributed by atoms with Gasteiger partial charge in [-0.05, 0) is 66.6 Å². The topological polar surface area (TPSA) is 268 Å². The van der Waals surface area contributed by atoms with Gasteiger partial charge in [0, 0.05) is 65.4 Å². The van der Waals surface area contributed by atoms with Crippen molar-refractivity contribution in [2.45, 2.75) is 114 Å². The van der Waals surface area contributed by atoms with Gasteiger partial charge in [0.25, 0.3) is 5.56 Å². The lowest BCUT2D eigenvalue weighted by Crippen LogP contribution is -2.66. The summed E-state index contributed by atoms with van der Waals surface area (Å²) in [6.45, 7) is 4.44. The number of carbonyl (C=O) groups excluding carboxylic acids is 5. The van der Waals surface area contributed by atoms with Crippen LogP contribution in [0.2, 0.25) is 0 Å². The normalized spacial score (nSPS) is 22.6. The van der Waals surface area contributed by atoms with E-state index in [1.807, 2.05) is 78.9 Å². The lowest BCUT2D eigenvalue weighted by atomic mass is 9.80. The van der Waals surface area contributed by atoms with E-state index in [1.165, 1.54) is 30.7 Å². The SMILES string of the molecule is COc1ccc(C(OC[C@H]2O[C@@H](n3ccc(=O)[nH]c3=O)[C@H](CCCNC(=O)CCCCO[C@H]3O[C@@H](COC(C)=O)[C@@H](OC(C)=O)[C@@H](OC(C)=O)[C@@H]3NC(C)=O)[C@@H]2O)(c2ccccc2)c2ccc(OC)cc2)cc1. The lowest BCUT2D eigenvalue weighted by Gasteiger charge is -2.44. The van der Waals surface area contributed by atoms with Crippen LogP contribution in [0.1, 0.15) is 82.7 Å². The molecule has 3 aromatic carbocycles. The van der Waals surface area contributed by atoms with Gasteiger partial charge in [-0.1, -0.05) is 54.6 Å². The highest BCUT2D eigenvalue weighted by atomic mass is 16.7. The van der Waals surface area contributed by atoms with Crippen molar-refractivity contribution in [3.8, 4) is 11.5 Å². The Morgan fingerprint density at radius 2 is 1.34 bits per heavy atom. The highest BCUT2D eigenvalue weighted by molar-refractivity contribution is 5.75. The summed E-state index contributed by atoms with van der Waals surface area (Å²) < 4.78 is 53.8. The molecule has 4 N–H and O–H groups in total. The fourth-order valence-corrected chi connectivity index (χ4v) is 9.11. The van der Waals surface area contributed by atoms with Crippen molar-refractivity contribution in [1.82, 2.24) is 20.2 Å². The summed E-state index contributed by atoms with van der Waals surface area (Å²) in [5, 5.41) is 17.6. The predicted molar refractivity (Wildman–Crippen MR) is 259 cm³/mol. The second-order valence-electron chi connectivity index (χ2n) is 17.6. The smallest absolute Gasteiger partial charge is 0.330 e. The van der Waals surface area contributed by atoms with Gasteiger partial charge in [0.15, 0.2) is 18.5 Å². The van der Waals surface area contributed by atoms with Crippen molar-refractivity contribution >= 4 is 29.7 Å². The number of rotatable bonds is 24. The summed E-state index contributed by atoms with van der Waals surface area (Å²) in [6, 6.07) is 24.6. The van der Waals surface area contributed by atoms with Crippen molar-refractivity contribution in [2.75, 3.05) is 40.6 Å². The Hall–Kier alpha value is -6.91. The molecule has 2 amide bonds. The first-order chi connectivity index (χ1) is 35.0. The van der Waals surface area contributed by atoms with Crippen LogP contribution in [0, 0.1) is 5.92 Å². The van der Waals surface area contributed by atoms with Crippen molar-refractivity contribution in [3.05, 3.63) is 129 Å². The number of carbonyl (C=O) groups is 5. The maximum absolute atomic E-state index is 13.2. The minimum atomic E-state index is -1.27. The number of esters is 3. The number of aliphatic hydroxyl groups is 1. The van der Waals surface area contributed by atoms with Crippen LogP contribution in [0.4, 0.5) is 0 Å². The summed E-state index contributed by atoms with van der Waals surface area (Å²) >= 11 is 0. The third kappa shape index (κ3) is 14.4. The fraction of sp³-hybridized carbons (Fsp3) is 0.481. The minimum absolute atomic E-state index is 0.0297. The minimum Gasteiger partial charge on any atom is -0.497 e. The Bertz CT molecular complexity index is 2540. The molecule has 73 heavy (non-hydrogen) atoms. The fourth-order valence-electron chi connectivity index (χ4n) is 9.11. The van der Waals surface area contributed by atoms with Crippen molar-refractivity contribution in [2.24, 2.45) is 5.92 Å². The summed E-state index contributed by atoms with van der Waals surface area (Å²) in [4.78, 5) is 88.8. The molecule has 1 aromatic heterocycles. The number of unbranched alkanes of at least 4 members (excludes halogenated alkanes) is 1. The van der Waals surface area contributed by atoms with E-state index < -0.39 is 95.7 Å². The zero-order valence-electron chi connectivity index (χ0n) is 41.6. The van der Waals surface area contributed by atoms with Crippen molar-refractivity contribution in [3.63, 3.8) is 0 Å². The summed E-state index contributed by atoms with van der Waals surface area (Å²) in [5.74, 6) is -2.28. The number of nitrogens with zero attached hydrogens (tertiary/aromatic N) is 1.